The summed E-state index contributed by atoms with van der Waals surface area (Å²) in [6, 6.07) is 10.0. The summed E-state index contributed by atoms with van der Waals surface area (Å²) in [5, 5.41) is 6.85. The van der Waals surface area contributed by atoms with Gasteiger partial charge in [-0.3, -0.25) is 5.10 Å². The van der Waals surface area contributed by atoms with Crippen LogP contribution in [0.5, 0.6) is 0 Å². The zero-order chi connectivity index (χ0) is 9.10. The van der Waals surface area contributed by atoms with Crippen LogP contribution in [0, 0.1) is 0 Å². The van der Waals surface area contributed by atoms with Gasteiger partial charge in [0.1, 0.15) is 0 Å². The van der Waals surface area contributed by atoms with Crippen molar-refractivity contribution in [3.8, 4) is 11.3 Å². The summed E-state index contributed by atoms with van der Waals surface area (Å²) in [6.07, 6.45) is 3.59. The molecule has 0 aliphatic heterocycles. The lowest BCUT2D eigenvalue weighted by Gasteiger charge is -2.01. The van der Waals surface area contributed by atoms with E-state index >= 15 is 0 Å². The maximum atomic E-state index is 3.91. The molecule has 0 saturated carbocycles. The fourth-order valence-corrected chi connectivity index (χ4v) is 1.33. The number of hydrogen-bond acceptors (Lipinski definition) is 1. The van der Waals surface area contributed by atoms with E-state index < -0.39 is 0 Å². The highest BCUT2D eigenvalue weighted by molar-refractivity contribution is 5.71. The predicted octanol–water partition coefficient (Wildman–Crippen LogP) is 2.72. The molecule has 64 valence electrons. The van der Waals surface area contributed by atoms with Crippen LogP contribution < -0.4 is 0 Å². The minimum atomic E-state index is 1.02. The number of benzene rings is 1. The second-order valence-corrected chi connectivity index (χ2v) is 2.76. The third-order valence-corrected chi connectivity index (χ3v) is 1.97. The van der Waals surface area contributed by atoms with Crippen molar-refractivity contribution in [1.82, 2.24) is 10.2 Å². The molecule has 0 unspecified atom stereocenters. The molecule has 13 heavy (non-hydrogen) atoms. The fraction of sp³-hybridized carbons (Fsp3) is 0. The van der Waals surface area contributed by atoms with Crippen LogP contribution in [0.3, 0.4) is 0 Å². The average Bonchev–Trinajstić information content (AvgIpc) is 2.70. The molecule has 1 heterocycles. The summed E-state index contributed by atoms with van der Waals surface area (Å²) >= 11 is 0. The molecule has 2 heteroatoms. The van der Waals surface area contributed by atoms with Gasteiger partial charge < -0.3 is 0 Å². The molecular weight excluding hydrogens is 160 g/mol. The molecule has 0 aliphatic carbocycles. The van der Waals surface area contributed by atoms with Crippen LogP contribution in [0.15, 0.2) is 43.1 Å². The van der Waals surface area contributed by atoms with Crippen LogP contribution in [0.4, 0.5) is 0 Å². The highest BCUT2D eigenvalue weighted by Crippen LogP contribution is 2.21. The first-order valence-electron chi connectivity index (χ1n) is 4.13. The third-order valence-electron chi connectivity index (χ3n) is 1.97. The van der Waals surface area contributed by atoms with Crippen LogP contribution >= 0.6 is 0 Å². The van der Waals surface area contributed by atoms with E-state index in [1.54, 1.807) is 6.20 Å². The van der Waals surface area contributed by atoms with Gasteiger partial charge in [-0.1, -0.05) is 36.9 Å². The molecular formula is C11H10N2. The normalized spacial score (nSPS) is 9.85. The van der Waals surface area contributed by atoms with Crippen molar-refractivity contribution in [2.75, 3.05) is 0 Å². The molecule has 1 aromatic carbocycles. The van der Waals surface area contributed by atoms with Gasteiger partial charge in [0.25, 0.3) is 0 Å². The number of aromatic nitrogens is 2. The van der Waals surface area contributed by atoms with Gasteiger partial charge in [0.15, 0.2) is 0 Å². The molecule has 0 aliphatic rings. The topological polar surface area (TPSA) is 28.7 Å². The van der Waals surface area contributed by atoms with Gasteiger partial charge in [0.05, 0.1) is 5.69 Å². The van der Waals surface area contributed by atoms with Gasteiger partial charge in [-0.15, -0.1) is 0 Å². The van der Waals surface area contributed by atoms with E-state index in [1.165, 1.54) is 0 Å². The smallest absolute Gasteiger partial charge is 0.0656 e. The Bertz CT molecular complexity index is 402. The van der Waals surface area contributed by atoms with Crippen LogP contribution in [0.1, 0.15) is 5.56 Å². The van der Waals surface area contributed by atoms with Gasteiger partial charge in [0, 0.05) is 11.8 Å². The summed E-state index contributed by atoms with van der Waals surface area (Å²) in [5.74, 6) is 0. The third kappa shape index (κ3) is 1.38. The average molecular weight is 170 g/mol. The second-order valence-electron chi connectivity index (χ2n) is 2.76. The summed E-state index contributed by atoms with van der Waals surface area (Å²) in [5.41, 5.74) is 3.28. The minimum Gasteiger partial charge on any atom is -0.278 e. The molecule has 0 saturated heterocycles. The van der Waals surface area contributed by atoms with Crippen molar-refractivity contribution in [2.45, 2.75) is 0 Å². The fourth-order valence-electron chi connectivity index (χ4n) is 1.33. The van der Waals surface area contributed by atoms with E-state index in [9.17, 15) is 0 Å². The molecule has 0 atom stereocenters. The first-order valence-corrected chi connectivity index (χ1v) is 4.13. The maximum absolute atomic E-state index is 3.91. The molecule has 0 amide bonds. The van der Waals surface area contributed by atoms with E-state index in [-0.39, 0.29) is 0 Å². The van der Waals surface area contributed by atoms with E-state index in [1.807, 2.05) is 36.4 Å². The first kappa shape index (κ1) is 7.80. The molecule has 2 rings (SSSR count). The van der Waals surface area contributed by atoms with Crippen molar-refractivity contribution >= 4 is 6.08 Å². The molecule has 1 aromatic heterocycles. The number of H-pyrrole nitrogens is 1. The Morgan fingerprint density at radius 1 is 1.23 bits per heavy atom. The van der Waals surface area contributed by atoms with Gasteiger partial charge in [-0.2, -0.15) is 5.10 Å². The SMILES string of the molecule is C=Cc1ccccc1-c1ccn[nH]1. The van der Waals surface area contributed by atoms with Crippen molar-refractivity contribution in [3.05, 3.63) is 48.7 Å². The summed E-state index contributed by atoms with van der Waals surface area (Å²) in [7, 11) is 0. The summed E-state index contributed by atoms with van der Waals surface area (Å²) in [4.78, 5) is 0. The largest absolute Gasteiger partial charge is 0.278 e. The Hall–Kier alpha value is -1.83. The highest BCUT2D eigenvalue weighted by atomic mass is 15.1. The van der Waals surface area contributed by atoms with Crippen LogP contribution in [0.2, 0.25) is 0 Å². The van der Waals surface area contributed by atoms with E-state index in [2.05, 4.69) is 16.8 Å². The maximum Gasteiger partial charge on any atom is 0.0656 e. The lowest BCUT2D eigenvalue weighted by atomic mass is 10.1. The van der Waals surface area contributed by atoms with Crippen LogP contribution in [0.25, 0.3) is 17.3 Å². The summed E-state index contributed by atoms with van der Waals surface area (Å²) in [6.45, 7) is 3.77. The Kier molecular flexibility index (Phi) is 1.96. The Balaban J connectivity index is 2.57. The van der Waals surface area contributed by atoms with E-state index in [4.69, 9.17) is 0 Å². The minimum absolute atomic E-state index is 1.02. The number of aromatic amines is 1. The molecule has 0 bridgehead atoms. The van der Waals surface area contributed by atoms with Crippen molar-refractivity contribution in [2.24, 2.45) is 0 Å². The van der Waals surface area contributed by atoms with E-state index in [0.29, 0.717) is 0 Å². The Morgan fingerprint density at radius 2 is 2.08 bits per heavy atom. The number of rotatable bonds is 2. The lowest BCUT2D eigenvalue weighted by molar-refractivity contribution is 1.09. The van der Waals surface area contributed by atoms with Crippen molar-refractivity contribution in [1.29, 1.82) is 0 Å². The summed E-state index contributed by atoms with van der Waals surface area (Å²) < 4.78 is 0. The molecule has 0 fully saturated rings. The van der Waals surface area contributed by atoms with Crippen molar-refractivity contribution < 1.29 is 0 Å². The van der Waals surface area contributed by atoms with Gasteiger partial charge in [-0.05, 0) is 11.6 Å². The Labute approximate surface area is 76.9 Å². The van der Waals surface area contributed by atoms with Gasteiger partial charge >= 0.3 is 0 Å². The standard InChI is InChI=1S/C11H10N2/c1-2-9-5-3-4-6-10(9)11-7-8-12-13-11/h2-8H,1H2,(H,12,13). The van der Waals surface area contributed by atoms with E-state index in [0.717, 1.165) is 16.8 Å². The molecule has 0 spiro atoms. The molecule has 2 nitrogen and oxygen atoms in total. The van der Waals surface area contributed by atoms with Gasteiger partial charge in [-0.25, -0.2) is 0 Å². The first-order chi connectivity index (χ1) is 6.42. The zero-order valence-corrected chi connectivity index (χ0v) is 7.20. The number of hydrogen-bond donors (Lipinski definition) is 1. The molecule has 2 aromatic rings. The predicted molar refractivity (Wildman–Crippen MR) is 54.1 cm³/mol. The second kappa shape index (κ2) is 3.27. The number of nitrogens with zero attached hydrogens (tertiary/aromatic N) is 1. The zero-order valence-electron chi connectivity index (χ0n) is 7.20. The lowest BCUT2D eigenvalue weighted by Crippen LogP contribution is -1.82. The molecule has 0 radical (unpaired) electrons. The number of nitrogens with one attached hydrogen (secondary N) is 1. The van der Waals surface area contributed by atoms with Crippen LogP contribution in [-0.2, 0) is 0 Å². The highest BCUT2D eigenvalue weighted by Gasteiger charge is 2.01. The quantitative estimate of drug-likeness (QED) is 0.737. The monoisotopic (exact) mass is 170 g/mol. The Morgan fingerprint density at radius 3 is 2.77 bits per heavy atom. The van der Waals surface area contributed by atoms with Crippen LogP contribution in [-0.4, -0.2) is 10.2 Å². The van der Waals surface area contributed by atoms with Gasteiger partial charge in [0.2, 0.25) is 0 Å². The van der Waals surface area contributed by atoms with Crippen molar-refractivity contribution in [3.63, 3.8) is 0 Å². The molecule has 1 N–H and O–H groups in total.